The van der Waals surface area contributed by atoms with E-state index in [1.807, 2.05) is 49.7 Å². The average molecular weight is 443 g/mol. The van der Waals surface area contributed by atoms with E-state index in [0.29, 0.717) is 31.1 Å². The van der Waals surface area contributed by atoms with Crippen LogP contribution in [0.1, 0.15) is 50.5 Å². The van der Waals surface area contributed by atoms with E-state index < -0.39 is 17.6 Å². The third kappa shape index (κ3) is 4.81. The Morgan fingerprint density at radius 3 is 2.59 bits per heavy atom. The number of hydrogen-bond donors (Lipinski definition) is 2. The molecule has 4 rings (SSSR count). The molecule has 0 bridgehead atoms. The van der Waals surface area contributed by atoms with Crippen LogP contribution in [0.15, 0.2) is 24.3 Å². The highest BCUT2D eigenvalue weighted by molar-refractivity contribution is 6.06. The van der Waals surface area contributed by atoms with Crippen LogP contribution in [0.4, 0.5) is 0 Å². The summed E-state index contributed by atoms with van der Waals surface area (Å²) in [5, 5.41) is 18.3. The van der Waals surface area contributed by atoms with Gasteiger partial charge in [-0.3, -0.25) is 14.3 Å². The minimum atomic E-state index is -0.709. The van der Waals surface area contributed by atoms with Crippen LogP contribution in [0, 0.1) is 11.3 Å². The highest BCUT2D eigenvalue weighted by atomic mass is 16.5. The first-order chi connectivity index (χ1) is 15.2. The molecule has 2 amide bonds. The lowest BCUT2D eigenvalue weighted by Gasteiger charge is -2.33. The first-order valence-corrected chi connectivity index (χ1v) is 11.5. The number of β-amino-alcohol motifs (C(OH)–C–C–N with tert-alkyl or cyclic N) is 1. The number of fused-ring (bicyclic) bond motifs is 1. The molecule has 32 heavy (non-hydrogen) atoms. The number of nitrogens with one attached hydrogen (secondary N) is 1. The summed E-state index contributed by atoms with van der Waals surface area (Å²) in [6.07, 6.45) is 2.04. The smallest absolute Gasteiger partial charge is 0.273 e. The first-order valence-electron chi connectivity index (χ1n) is 11.5. The van der Waals surface area contributed by atoms with Gasteiger partial charge < -0.3 is 20.1 Å². The maximum atomic E-state index is 13.4. The summed E-state index contributed by atoms with van der Waals surface area (Å²) in [5.41, 5.74) is 0.780. The molecule has 174 valence electrons. The molecule has 0 radical (unpaired) electrons. The quantitative estimate of drug-likeness (QED) is 0.740. The van der Waals surface area contributed by atoms with Crippen molar-refractivity contribution in [1.29, 1.82) is 0 Å². The maximum Gasteiger partial charge on any atom is 0.273 e. The number of para-hydroxylation sites is 1. The zero-order valence-electron chi connectivity index (χ0n) is 19.2. The molecular weight excluding hydrogens is 408 g/mol. The fraction of sp³-hybridized carbons (Fsp3) is 0.625. The lowest BCUT2D eigenvalue weighted by atomic mass is 9.85. The molecule has 8 heteroatoms. The SMILES string of the molecule is CC(C)(C)[C@H](NC(=O)c1nn(CC2CCOCC2)c2ccccc12)C(=O)N1CCC(O)C1. The lowest BCUT2D eigenvalue weighted by molar-refractivity contribution is -0.135. The summed E-state index contributed by atoms with van der Waals surface area (Å²) in [4.78, 5) is 28.2. The number of aliphatic hydroxyl groups is 1. The summed E-state index contributed by atoms with van der Waals surface area (Å²) >= 11 is 0. The molecule has 0 spiro atoms. The van der Waals surface area contributed by atoms with Gasteiger partial charge in [0.05, 0.1) is 11.6 Å². The van der Waals surface area contributed by atoms with Crippen LogP contribution in [-0.2, 0) is 16.1 Å². The van der Waals surface area contributed by atoms with Crippen molar-refractivity contribution < 1.29 is 19.4 Å². The van der Waals surface area contributed by atoms with Crippen molar-refractivity contribution in [2.45, 2.75) is 58.7 Å². The molecule has 2 aromatic rings. The zero-order chi connectivity index (χ0) is 22.9. The van der Waals surface area contributed by atoms with Gasteiger partial charge in [-0.1, -0.05) is 39.0 Å². The molecule has 2 fully saturated rings. The molecule has 0 aliphatic carbocycles. The highest BCUT2D eigenvalue weighted by Gasteiger charge is 2.38. The second kappa shape index (κ2) is 9.19. The number of nitrogens with zero attached hydrogens (tertiary/aromatic N) is 3. The lowest BCUT2D eigenvalue weighted by Crippen LogP contribution is -2.54. The van der Waals surface area contributed by atoms with Crippen LogP contribution in [-0.4, -0.2) is 70.1 Å². The van der Waals surface area contributed by atoms with Crippen molar-refractivity contribution in [3.05, 3.63) is 30.0 Å². The van der Waals surface area contributed by atoms with E-state index in [1.165, 1.54) is 0 Å². The first kappa shape index (κ1) is 22.7. The van der Waals surface area contributed by atoms with Crippen molar-refractivity contribution >= 4 is 22.7 Å². The highest BCUT2D eigenvalue weighted by Crippen LogP contribution is 2.26. The van der Waals surface area contributed by atoms with Crippen molar-refractivity contribution in [3.63, 3.8) is 0 Å². The van der Waals surface area contributed by atoms with E-state index >= 15 is 0 Å². The van der Waals surface area contributed by atoms with Crippen LogP contribution < -0.4 is 5.32 Å². The number of ether oxygens (including phenoxy) is 1. The number of aliphatic hydroxyl groups excluding tert-OH is 1. The van der Waals surface area contributed by atoms with Crippen LogP contribution >= 0.6 is 0 Å². The number of benzene rings is 1. The second-order valence-electron chi connectivity index (χ2n) is 10.1. The van der Waals surface area contributed by atoms with Gasteiger partial charge in [0, 0.05) is 38.2 Å². The number of rotatable bonds is 5. The van der Waals surface area contributed by atoms with Crippen molar-refractivity contribution in [2.24, 2.45) is 11.3 Å². The molecule has 0 saturated carbocycles. The zero-order valence-corrected chi connectivity index (χ0v) is 19.2. The second-order valence-corrected chi connectivity index (χ2v) is 10.1. The average Bonchev–Trinajstić information content (AvgIpc) is 3.35. The van der Waals surface area contributed by atoms with Gasteiger partial charge in [0.25, 0.3) is 5.91 Å². The molecule has 2 aliphatic rings. The van der Waals surface area contributed by atoms with Crippen LogP contribution in [0.3, 0.4) is 0 Å². The van der Waals surface area contributed by atoms with Gasteiger partial charge in [0.1, 0.15) is 6.04 Å². The fourth-order valence-electron chi connectivity index (χ4n) is 4.58. The minimum Gasteiger partial charge on any atom is -0.391 e. The van der Waals surface area contributed by atoms with Crippen molar-refractivity contribution in [2.75, 3.05) is 26.3 Å². The van der Waals surface area contributed by atoms with Crippen LogP contribution in [0.25, 0.3) is 10.9 Å². The van der Waals surface area contributed by atoms with E-state index in [9.17, 15) is 14.7 Å². The third-order valence-electron chi connectivity index (χ3n) is 6.51. The van der Waals surface area contributed by atoms with E-state index in [2.05, 4.69) is 10.4 Å². The predicted octanol–water partition coefficient (Wildman–Crippen LogP) is 2.20. The summed E-state index contributed by atoms with van der Waals surface area (Å²) in [6.45, 7) is 8.88. The summed E-state index contributed by atoms with van der Waals surface area (Å²) in [7, 11) is 0. The molecule has 2 saturated heterocycles. The van der Waals surface area contributed by atoms with Gasteiger partial charge in [-0.15, -0.1) is 0 Å². The number of carbonyl (C=O) groups is 2. The van der Waals surface area contributed by atoms with Crippen LogP contribution in [0.2, 0.25) is 0 Å². The number of likely N-dealkylation sites (tertiary alicyclic amines) is 1. The summed E-state index contributed by atoms with van der Waals surface area (Å²) < 4.78 is 7.39. The van der Waals surface area contributed by atoms with Gasteiger partial charge >= 0.3 is 0 Å². The number of aromatic nitrogens is 2. The van der Waals surface area contributed by atoms with Gasteiger partial charge in [-0.2, -0.15) is 5.10 Å². The number of amides is 2. The summed E-state index contributed by atoms with van der Waals surface area (Å²) in [6, 6.07) is 7.03. The fourth-order valence-corrected chi connectivity index (χ4v) is 4.58. The number of hydrogen-bond acceptors (Lipinski definition) is 5. The van der Waals surface area contributed by atoms with Gasteiger partial charge in [-0.05, 0) is 36.7 Å². The summed E-state index contributed by atoms with van der Waals surface area (Å²) in [5.74, 6) is -0.0400. The third-order valence-corrected chi connectivity index (χ3v) is 6.51. The molecule has 2 atom stereocenters. The minimum absolute atomic E-state index is 0.159. The Kier molecular flexibility index (Phi) is 6.53. The monoisotopic (exact) mass is 442 g/mol. The number of carbonyl (C=O) groups excluding carboxylic acids is 2. The van der Waals surface area contributed by atoms with E-state index in [0.717, 1.165) is 43.5 Å². The molecule has 1 aromatic heterocycles. The van der Waals surface area contributed by atoms with Crippen molar-refractivity contribution in [1.82, 2.24) is 20.0 Å². The Balaban J connectivity index is 1.58. The maximum absolute atomic E-state index is 13.4. The molecule has 2 aliphatic heterocycles. The largest absolute Gasteiger partial charge is 0.391 e. The molecule has 1 aromatic carbocycles. The Hall–Kier alpha value is -2.45. The molecule has 8 nitrogen and oxygen atoms in total. The molecule has 3 heterocycles. The van der Waals surface area contributed by atoms with Gasteiger partial charge in [0.15, 0.2) is 5.69 Å². The molecular formula is C24H34N4O4. The Morgan fingerprint density at radius 2 is 1.94 bits per heavy atom. The van der Waals surface area contributed by atoms with E-state index in [4.69, 9.17) is 4.74 Å². The van der Waals surface area contributed by atoms with Gasteiger partial charge in [0.2, 0.25) is 5.91 Å². The molecule has 1 unspecified atom stereocenters. The standard InChI is InChI=1S/C24H34N4O4/c1-24(2,3)21(23(31)27-11-8-17(29)15-27)25-22(30)20-18-6-4-5-7-19(18)28(26-20)14-16-9-12-32-13-10-16/h4-7,16-17,21,29H,8-15H2,1-3H3,(H,25,30)/t17?,21-/m1/s1. The van der Waals surface area contributed by atoms with Crippen LogP contribution in [0.5, 0.6) is 0 Å². The van der Waals surface area contributed by atoms with E-state index in [1.54, 1.807) is 4.90 Å². The Bertz CT molecular complexity index is 974. The normalized spacial score (nSPS) is 21.1. The topological polar surface area (TPSA) is 96.7 Å². The Morgan fingerprint density at radius 1 is 1.22 bits per heavy atom. The Labute approximate surface area is 188 Å². The van der Waals surface area contributed by atoms with E-state index in [-0.39, 0.29) is 11.8 Å². The van der Waals surface area contributed by atoms with Crippen molar-refractivity contribution in [3.8, 4) is 0 Å². The molecule has 2 N–H and O–H groups in total. The predicted molar refractivity (Wildman–Crippen MR) is 121 cm³/mol. The van der Waals surface area contributed by atoms with Gasteiger partial charge in [-0.25, -0.2) is 0 Å².